The van der Waals surface area contributed by atoms with Gasteiger partial charge in [-0.05, 0) is 78.4 Å². The Balaban J connectivity index is 1.53. The molecule has 1 aliphatic rings. The third-order valence-corrected chi connectivity index (χ3v) is 6.54. The number of hydrogen-bond acceptors (Lipinski definition) is 9. The van der Waals surface area contributed by atoms with Gasteiger partial charge in [-0.25, -0.2) is 19.3 Å². The lowest BCUT2D eigenvalue weighted by Crippen LogP contribution is -2.49. The first kappa shape index (κ1) is 29.5. The van der Waals surface area contributed by atoms with Crippen LogP contribution in [0.2, 0.25) is 0 Å². The molecule has 1 aliphatic heterocycles. The Morgan fingerprint density at radius 2 is 1.75 bits per heavy atom. The molecule has 0 unspecified atom stereocenters. The molecule has 1 saturated heterocycles. The highest BCUT2D eigenvalue weighted by Gasteiger charge is 2.40. The number of nitrogens with one attached hydrogen (secondary N) is 3. The number of ether oxygens (including phenoxy) is 2. The smallest absolute Gasteiger partial charge is 0.230 e. The molecule has 2 aromatic heterocycles. The van der Waals surface area contributed by atoms with Crippen molar-refractivity contribution in [2.75, 3.05) is 72.9 Å². The minimum absolute atomic E-state index is 0.119. The highest BCUT2D eigenvalue weighted by Crippen LogP contribution is 2.35. The van der Waals surface area contributed by atoms with Crippen LogP contribution in [0.15, 0.2) is 36.5 Å². The van der Waals surface area contributed by atoms with E-state index in [2.05, 4.69) is 30.5 Å². The summed E-state index contributed by atoms with van der Waals surface area (Å²) in [5.74, 6) is 0.475. The number of carbonyl (C=O) groups is 1. The third-order valence-electron chi connectivity index (χ3n) is 6.54. The predicted octanol–water partition coefficient (Wildman–Crippen LogP) is 2.77. The molecule has 1 amide bonds. The molecule has 0 atom stereocenters. The van der Waals surface area contributed by atoms with E-state index in [0.29, 0.717) is 41.0 Å². The van der Waals surface area contributed by atoms with E-state index in [4.69, 9.17) is 14.5 Å². The number of anilines is 1. The number of halogens is 1. The average molecular weight is 555 g/mol. The molecule has 1 aromatic carbocycles. The van der Waals surface area contributed by atoms with E-state index in [0.717, 1.165) is 26.1 Å². The predicted molar refractivity (Wildman–Crippen MR) is 151 cm³/mol. The molecule has 0 bridgehead atoms. The second-order valence-electron chi connectivity index (χ2n) is 10.8. The van der Waals surface area contributed by atoms with Gasteiger partial charge in [0, 0.05) is 31.4 Å². The van der Waals surface area contributed by atoms with Crippen LogP contribution in [0.4, 0.5) is 10.3 Å². The fraction of sp³-hybridized carbons (Fsp3) is 0.500. The number of imidazole rings is 1. The summed E-state index contributed by atoms with van der Waals surface area (Å²) in [7, 11) is 7.97. The van der Waals surface area contributed by atoms with Crippen molar-refractivity contribution in [2.24, 2.45) is 5.41 Å². The number of rotatable bonds is 12. The zero-order valence-electron chi connectivity index (χ0n) is 23.8. The van der Waals surface area contributed by atoms with Crippen molar-refractivity contribution in [3.05, 3.63) is 48.2 Å². The summed E-state index contributed by atoms with van der Waals surface area (Å²) in [6, 6.07) is 7.89. The molecule has 4 rings (SSSR count). The lowest BCUT2D eigenvalue weighted by molar-refractivity contribution is -0.231. The number of aromatic nitrogens is 4. The van der Waals surface area contributed by atoms with Gasteiger partial charge >= 0.3 is 0 Å². The summed E-state index contributed by atoms with van der Waals surface area (Å²) in [6.07, 6.45) is 1.82. The van der Waals surface area contributed by atoms with Crippen molar-refractivity contribution >= 4 is 11.9 Å². The zero-order valence-corrected chi connectivity index (χ0v) is 23.8. The highest BCUT2D eigenvalue weighted by atomic mass is 19.1. The molecule has 1 fully saturated rings. The second kappa shape index (κ2) is 13.3. The van der Waals surface area contributed by atoms with Gasteiger partial charge in [0.15, 0.2) is 5.82 Å². The van der Waals surface area contributed by atoms with Crippen LogP contribution in [0.25, 0.3) is 22.6 Å². The molecule has 12 heteroatoms. The van der Waals surface area contributed by atoms with Crippen LogP contribution in [0.1, 0.15) is 25.5 Å². The number of likely N-dealkylation sites (N-methyl/N-ethyl adjacent to an activating group) is 1. The number of H-pyrrole nitrogens is 1. The highest BCUT2D eigenvalue weighted by molar-refractivity contribution is 5.82. The number of aromatic amines is 1. The van der Waals surface area contributed by atoms with Gasteiger partial charge in [0.2, 0.25) is 18.1 Å². The lowest BCUT2D eigenvalue weighted by Gasteiger charge is -2.35. The van der Waals surface area contributed by atoms with E-state index < -0.39 is 11.7 Å². The van der Waals surface area contributed by atoms with Gasteiger partial charge in [0.05, 0.1) is 35.7 Å². The minimum atomic E-state index is -0.822. The minimum Gasteiger partial charge on any atom is -0.354 e. The van der Waals surface area contributed by atoms with Gasteiger partial charge in [-0.1, -0.05) is 0 Å². The second-order valence-corrected chi connectivity index (χ2v) is 10.8. The van der Waals surface area contributed by atoms with Gasteiger partial charge in [-0.15, -0.1) is 0 Å². The molecule has 216 valence electrons. The Bertz CT molecular complexity index is 1260. The number of hydrogen-bond donors (Lipinski definition) is 3. The first-order chi connectivity index (χ1) is 19.1. The summed E-state index contributed by atoms with van der Waals surface area (Å²) < 4.78 is 25.7. The van der Waals surface area contributed by atoms with E-state index in [1.54, 1.807) is 24.4 Å². The van der Waals surface area contributed by atoms with E-state index >= 15 is 0 Å². The number of benzene rings is 1. The summed E-state index contributed by atoms with van der Waals surface area (Å²) in [4.78, 5) is 34.0. The van der Waals surface area contributed by atoms with Crippen LogP contribution in [0.5, 0.6) is 0 Å². The van der Waals surface area contributed by atoms with E-state index in [9.17, 15) is 9.18 Å². The van der Waals surface area contributed by atoms with Crippen molar-refractivity contribution in [1.82, 2.24) is 35.1 Å². The average Bonchev–Trinajstić information content (AvgIpc) is 3.37. The Hall–Kier alpha value is -3.45. The van der Waals surface area contributed by atoms with Gasteiger partial charge in [0.1, 0.15) is 5.82 Å². The Morgan fingerprint density at radius 1 is 1.05 bits per heavy atom. The molecule has 3 N–H and O–H groups in total. The van der Waals surface area contributed by atoms with Gasteiger partial charge in [0.25, 0.3) is 0 Å². The molecule has 0 aliphatic carbocycles. The van der Waals surface area contributed by atoms with Crippen molar-refractivity contribution in [2.45, 2.75) is 19.6 Å². The van der Waals surface area contributed by atoms with Crippen molar-refractivity contribution < 1.29 is 18.7 Å². The third kappa shape index (κ3) is 7.60. The van der Waals surface area contributed by atoms with Crippen LogP contribution >= 0.6 is 0 Å². The molecule has 0 spiro atoms. The normalized spacial score (nSPS) is 19.2. The van der Waals surface area contributed by atoms with Gasteiger partial charge in [-0.3, -0.25) is 4.79 Å². The van der Waals surface area contributed by atoms with Crippen LogP contribution in [0.3, 0.4) is 0 Å². The molecular formula is C28H39FN8O3. The first-order valence-corrected chi connectivity index (χ1v) is 13.4. The molecule has 40 heavy (non-hydrogen) atoms. The maximum atomic E-state index is 13.7. The Kier molecular flexibility index (Phi) is 9.80. The molecular weight excluding hydrogens is 515 g/mol. The zero-order chi connectivity index (χ0) is 28.7. The van der Waals surface area contributed by atoms with Crippen LogP contribution in [-0.4, -0.2) is 103 Å². The van der Waals surface area contributed by atoms with Crippen LogP contribution in [0, 0.1) is 11.2 Å². The Labute approximate surface area is 234 Å². The molecule has 3 heterocycles. The number of carbonyl (C=O) groups excluding carboxylic acids is 1. The SMILES string of the molecule is CN(C)CCCNc1nccc(-c2[nH]c(C3OCC(C)(C(=O)NCCN(C)C)CO3)nc2-c2ccc(F)cc2)n1. The first-order valence-electron chi connectivity index (χ1n) is 13.4. The van der Waals surface area contributed by atoms with Crippen molar-refractivity contribution in [1.29, 1.82) is 0 Å². The number of amides is 1. The standard InChI is InChI=1S/C28H39FN8O3/c1-28(26(38)30-14-16-37(4)5)17-39-25(40-18-28)24-34-22(19-7-9-20(29)10-8-19)23(35-24)21-11-13-32-27(33-21)31-12-6-15-36(2)3/h7-11,13,25H,6,12,14-18H2,1-5H3,(H,30,38)(H,34,35)(H,31,32,33). The van der Waals surface area contributed by atoms with Crippen LogP contribution < -0.4 is 10.6 Å². The topological polar surface area (TPSA) is 121 Å². The quantitative estimate of drug-likeness (QED) is 0.290. The van der Waals surface area contributed by atoms with Crippen LogP contribution in [-0.2, 0) is 14.3 Å². The molecule has 0 saturated carbocycles. The molecule has 11 nitrogen and oxygen atoms in total. The monoisotopic (exact) mass is 554 g/mol. The fourth-order valence-corrected chi connectivity index (χ4v) is 4.19. The van der Waals surface area contributed by atoms with Crippen molar-refractivity contribution in [3.8, 4) is 22.6 Å². The lowest BCUT2D eigenvalue weighted by atomic mass is 9.91. The van der Waals surface area contributed by atoms with Gasteiger partial charge < -0.3 is 34.9 Å². The van der Waals surface area contributed by atoms with E-state index in [-0.39, 0.29) is 24.9 Å². The summed E-state index contributed by atoms with van der Waals surface area (Å²) in [5, 5.41) is 6.22. The summed E-state index contributed by atoms with van der Waals surface area (Å²) >= 11 is 0. The summed E-state index contributed by atoms with van der Waals surface area (Å²) in [6.45, 7) is 5.11. The molecule has 0 radical (unpaired) electrons. The van der Waals surface area contributed by atoms with Gasteiger partial charge in [-0.2, -0.15) is 0 Å². The van der Waals surface area contributed by atoms with E-state index in [1.807, 2.05) is 40.0 Å². The maximum Gasteiger partial charge on any atom is 0.230 e. The Morgan fingerprint density at radius 3 is 2.42 bits per heavy atom. The largest absolute Gasteiger partial charge is 0.354 e. The number of nitrogens with zero attached hydrogens (tertiary/aromatic N) is 5. The fourth-order valence-electron chi connectivity index (χ4n) is 4.19. The summed E-state index contributed by atoms with van der Waals surface area (Å²) in [5.41, 5.74) is 1.71. The molecule has 3 aromatic rings. The van der Waals surface area contributed by atoms with E-state index in [1.165, 1.54) is 12.1 Å². The maximum absolute atomic E-state index is 13.7. The van der Waals surface area contributed by atoms with Crippen molar-refractivity contribution in [3.63, 3.8) is 0 Å².